The van der Waals surface area contributed by atoms with Crippen LogP contribution in [-0.2, 0) is 27.7 Å². The number of hydrogen-bond acceptors (Lipinski definition) is 5. The first-order valence-electron chi connectivity index (χ1n) is 11.4. The lowest BCUT2D eigenvalue weighted by molar-refractivity contribution is -0.121. The number of aryl methyl sites for hydroxylation is 1. The molecule has 3 amide bonds. The maximum Gasteiger partial charge on any atom is 0.343 e. The van der Waals surface area contributed by atoms with Crippen LogP contribution < -0.4 is 15.5 Å². The molecule has 1 aliphatic rings. The number of carbonyl (C=O) groups excluding carboxylic acids is 2. The van der Waals surface area contributed by atoms with E-state index in [2.05, 4.69) is 15.5 Å². The van der Waals surface area contributed by atoms with E-state index in [-0.39, 0.29) is 10.8 Å². The molecule has 1 aliphatic heterocycles. The zero-order valence-corrected chi connectivity index (χ0v) is 19.6. The fourth-order valence-electron chi connectivity index (χ4n) is 3.70. The van der Waals surface area contributed by atoms with E-state index < -0.39 is 16.1 Å². The van der Waals surface area contributed by atoms with Crippen LogP contribution in [0.3, 0.4) is 0 Å². The highest BCUT2D eigenvalue weighted by molar-refractivity contribution is 7.90. The fourth-order valence-corrected chi connectivity index (χ4v) is 4.60. The first kappa shape index (κ1) is 24.7. The minimum atomic E-state index is -3.96. The van der Waals surface area contributed by atoms with Crippen molar-refractivity contribution >= 4 is 22.0 Å². The number of hydrogen-bond donors (Lipinski definition) is 3. The molecule has 1 heterocycles. The summed E-state index contributed by atoms with van der Waals surface area (Å²) in [7, 11) is -3.96. The van der Waals surface area contributed by atoms with Crippen LogP contribution in [0.25, 0.3) is 0 Å². The van der Waals surface area contributed by atoms with Gasteiger partial charge in [0.15, 0.2) is 0 Å². The van der Waals surface area contributed by atoms with Crippen molar-refractivity contribution in [1.82, 2.24) is 20.5 Å². The number of sulfonamides is 1. The largest absolute Gasteiger partial charge is 0.356 e. The van der Waals surface area contributed by atoms with E-state index in [1.807, 2.05) is 30.3 Å². The molecule has 33 heavy (non-hydrogen) atoms. The number of hydrazine groups is 1. The maximum absolute atomic E-state index is 12.5. The Morgan fingerprint density at radius 2 is 1.45 bits per heavy atom. The van der Waals surface area contributed by atoms with Crippen LogP contribution >= 0.6 is 0 Å². The summed E-state index contributed by atoms with van der Waals surface area (Å²) < 4.78 is 27.1. The maximum atomic E-state index is 12.5. The summed E-state index contributed by atoms with van der Waals surface area (Å²) in [5.41, 5.74) is 4.64. The van der Waals surface area contributed by atoms with Crippen LogP contribution in [0, 0.1) is 0 Å². The second-order valence-corrected chi connectivity index (χ2v) is 9.86. The molecule has 0 saturated carbocycles. The van der Waals surface area contributed by atoms with Crippen molar-refractivity contribution in [2.24, 2.45) is 0 Å². The smallest absolute Gasteiger partial charge is 0.343 e. The summed E-state index contributed by atoms with van der Waals surface area (Å²) in [5, 5.41) is 4.65. The molecule has 9 heteroatoms. The predicted molar refractivity (Wildman–Crippen MR) is 127 cm³/mol. The molecule has 0 bridgehead atoms. The zero-order chi connectivity index (χ0) is 23.5. The Balaban J connectivity index is 1.41. The van der Waals surface area contributed by atoms with Gasteiger partial charge in [-0.1, -0.05) is 55.3 Å². The van der Waals surface area contributed by atoms with Gasteiger partial charge in [-0.15, -0.1) is 0 Å². The van der Waals surface area contributed by atoms with Gasteiger partial charge in [-0.2, -0.15) is 0 Å². The van der Waals surface area contributed by atoms with Crippen LogP contribution in [-0.4, -0.2) is 45.0 Å². The minimum Gasteiger partial charge on any atom is -0.356 e. The number of carbonyl (C=O) groups is 2. The summed E-state index contributed by atoms with van der Waals surface area (Å²) in [4.78, 5) is 24.2. The van der Waals surface area contributed by atoms with Crippen LogP contribution in [0.15, 0.2) is 59.5 Å². The van der Waals surface area contributed by atoms with Crippen molar-refractivity contribution < 1.29 is 18.0 Å². The Hall–Kier alpha value is -2.91. The third-order valence-corrected chi connectivity index (χ3v) is 6.89. The van der Waals surface area contributed by atoms with Crippen molar-refractivity contribution in [2.45, 2.75) is 49.8 Å². The lowest BCUT2D eigenvalue weighted by Gasteiger charge is -2.20. The predicted octanol–water partition coefficient (Wildman–Crippen LogP) is 2.76. The Morgan fingerprint density at radius 1 is 0.818 bits per heavy atom. The molecule has 3 rings (SSSR count). The zero-order valence-electron chi connectivity index (χ0n) is 18.8. The highest BCUT2D eigenvalue weighted by Crippen LogP contribution is 2.12. The van der Waals surface area contributed by atoms with Crippen molar-refractivity contribution in [2.75, 3.05) is 19.6 Å². The fraction of sp³-hybridized carbons (Fsp3) is 0.417. The number of nitrogens with one attached hydrogen (secondary N) is 3. The molecule has 3 N–H and O–H groups in total. The van der Waals surface area contributed by atoms with Crippen molar-refractivity contribution in [3.63, 3.8) is 0 Å². The van der Waals surface area contributed by atoms with Gasteiger partial charge in [-0.05, 0) is 48.9 Å². The molecule has 0 radical (unpaired) electrons. The SMILES string of the molecule is O=C(CCc1ccccc1)NCCc1ccc(S(=O)(=O)NC(=O)NN2CCCCCC2)cc1. The summed E-state index contributed by atoms with van der Waals surface area (Å²) in [6.07, 6.45) is 5.87. The Bertz CT molecular complexity index is 1000. The third kappa shape index (κ3) is 8.51. The van der Waals surface area contributed by atoms with Crippen molar-refractivity contribution in [3.8, 4) is 0 Å². The highest BCUT2D eigenvalue weighted by atomic mass is 32.2. The Labute approximate surface area is 195 Å². The summed E-state index contributed by atoms with van der Waals surface area (Å²) in [5.74, 6) is -0.0160. The van der Waals surface area contributed by atoms with E-state index in [1.54, 1.807) is 17.1 Å². The molecule has 178 valence electrons. The molecule has 1 saturated heterocycles. The lowest BCUT2D eigenvalue weighted by atomic mass is 10.1. The van der Waals surface area contributed by atoms with Gasteiger partial charge in [0.1, 0.15) is 0 Å². The first-order chi connectivity index (χ1) is 15.9. The monoisotopic (exact) mass is 472 g/mol. The van der Waals surface area contributed by atoms with E-state index in [0.717, 1.165) is 36.8 Å². The number of benzene rings is 2. The van der Waals surface area contributed by atoms with Gasteiger partial charge in [-0.3, -0.25) is 10.2 Å². The topological polar surface area (TPSA) is 108 Å². The Kier molecular flexibility index (Phi) is 9.26. The molecular weight excluding hydrogens is 440 g/mol. The molecule has 0 spiro atoms. The van der Waals surface area contributed by atoms with Crippen LogP contribution in [0.1, 0.15) is 43.2 Å². The van der Waals surface area contributed by atoms with Crippen LogP contribution in [0.4, 0.5) is 4.79 Å². The summed E-state index contributed by atoms with van der Waals surface area (Å²) >= 11 is 0. The average Bonchev–Trinajstić information content (AvgIpc) is 3.07. The van der Waals surface area contributed by atoms with Gasteiger partial charge in [-0.25, -0.2) is 22.9 Å². The quantitative estimate of drug-likeness (QED) is 0.520. The molecule has 1 fully saturated rings. The normalized spacial score (nSPS) is 14.8. The van der Waals surface area contributed by atoms with Crippen molar-refractivity contribution in [3.05, 3.63) is 65.7 Å². The van der Waals surface area contributed by atoms with Crippen molar-refractivity contribution in [1.29, 1.82) is 0 Å². The lowest BCUT2D eigenvalue weighted by Crippen LogP contribution is -2.49. The third-order valence-electron chi connectivity index (χ3n) is 5.55. The average molecular weight is 473 g/mol. The van der Waals surface area contributed by atoms with Gasteiger partial charge in [0, 0.05) is 26.1 Å². The van der Waals surface area contributed by atoms with Crippen LogP contribution in [0.5, 0.6) is 0 Å². The standard InChI is InChI=1S/C24H32N4O4S/c29-23(15-12-20-8-4-3-5-9-20)25-17-16-21-10-13-22(14-11-21)33(31,32)27-24(30)26-28-18-6-1-2-7-19-28/h3-5,8-11,13-14H,1-2,6-7,12,15-19H2,(H,25,29)(H2,26,27,30). The highest BCUT2D eigenvalue weighted by Gasteiger charge is 2.19. The molecular formula is C24H32N4O4S. The van der Waals surface area contributed by atoms with Gasteiger partial charge >= 0.3 is 6.03 Å². The minimum absolute atomic E-state index is 0.0160. The molecule has 0 aliphatic carbocycles. The van der Waals surface area contributed by atoms with E-state index in [4.69, 9.17) is 0 Å². The number of urea groups is 1. The molecule has 2 aromatic rings. The van der Waals surface area contributed by atoms with Gasteiger partial charge in [0.25, 0.3) is 10.0 Å². The number of rotatable bonds is 9. The van der Waals surface area contributed by atoms with E-state index in [0.29, 0.717) is 38.9 Å². The summed E-state index contributed by atoms with van der Waals surface area (Å²) in [6.45, 7) is 1.89. The molecule has 2 aromatic carbocycles. The van der Waals surface area contributed by atoms with Gasteiger partial charge in [0.2, 0.25) is 5.91 Å². The summed E-state index contributed by atoms with van der Waals surface area (Å²) in [6, 6.07) is 15.4. The number of nitrogens with zero attached hydrogens (tertiary/aromatic N) is 1. The molecule has 0 aromatic heterocycles. The molecule has 0 unspecified atom stereocenters. The second-order valence-electron chi connectivity index (χ2n) is 8.18. The molecule has 8 nitrogen and oxygen atoms in total. The Morgan fingerprint density at radius 3 is 2.12 bits per heavy atom. The first-order valence-corrected chi connectivity index (χ1v) is 12.9. The van der Waals surface area contributed by atoms with E-state index in [9.17, 15) is 18.0 Å². The van der Waals surface area contributed by atoms with Gasteiger partial charge in [0.05, 0.1) is 4.90 Å². The van der Waals surface area contributed by atoms with E-state index >= 15 is 0 Å². The van der Waals surface area contributed by atoms with E-state index in [1.165, 1.54) is 12.1 Å². The van der Waals surface area contributed by atoms with Gasteiger partial charge < -0.3 is 5.32 Å². The van der Waals surface area contributed by atoms with Crippen LogP contribution in [0.2, 0.25) is 0 Å². The number of amides is 3. The molecule has 0 atom stereocenters. The second kappa shape index (κ2) is 12.4.